The number of hydrogen-bond acceptors (Lipinski definition) is 4. The number of aromatic nitrogens is 2. The second-order valence-corrected chi connectivity index (χ2v) is 4.45. The zero-order valence-corrected chi connectivity index (χ0v) is 11.3. The van der Waals surface area contributed by atoms with E-state index in [9.17, 15) is 8.78 Å². The average Bonchev–Trinajstić information content (AvgIpc) is 2.40. The van der Waals surface area contributed by atoms with Gasteiger partial charge in [0.15, 0.2) is 5.82 Å². The lowest BCUT2D eigenvalue weighted by molar-refractivity contribution is 0.595. The molecule has 0 unspecified atom stereocenters. The molecule has 102 valence electrons. The fourth-order valence-electron chi connectivity index (χ4n) is 1.70. The number of benzene rings is 1. The maximum atomic E-state index is 13.8. The highest BCUT2D eigenvalue weighted by molar-refractivity contribution is 5.65. The summed E-state index contributed by atoms with van der Waals surface area (Å²) < 4.78 is 27.3. The van der Waals surface area contributed by atoms with Crippen molar-refractivity contribution in [3.8, 4) is 6.07 Å². The Morgan fingerprint density at radius 2 is 1.80 bits per heavy atom. The summed E-state index contributed by atoms with van der Waals surface area (Å²) in [5.41, 5.74) is 1.65. The van der Waals surface area contributed by atoms with Crippen LogP contribution in [-0.4, -0.2) is 10.2 Å². The molecule has 0 amide bonds. The van der Waals surface area contributed by atoms with Crippen LogP contribution in [0, 0.1) is 43.7 Å². The van der Waals surface area contributed by atoms with Crippen molar-refractivity contribution in [2.45, 2.75) is 20.8 Å². The summed E-state index contributed by atoms with van der Waals surface area (Å²) >= 11 is 0. The molecule has 1 aromatic carbocycles. The van der Waals surface area contributed by atoms with E-state index in [-0.39, 0.29) is 22.6 Å². The molecule has 0 aliphatic carbocycles. The van der Waals surface area contributed by atoms with Crippen LogP contribution in [0.5, 0.6) is 0 Å². The van der Waals surface area contributed by atoms with Gasteiger partial charge in [0.2, 0.25) is 0 Å². The maximum absolute atomic E-state index is 13.8. The summed E-state index contributed by atoms with van der Waals surface area (Å²) in [6, 6.07) is 4.10. The second kappa shape index (κ2) is 5.21. The normalized spacial score (nSPS) is 10.2. The first kappa shape index (κ1) is 13.9. The van der Waals surface area contributed by atoms with Gasteiger partial charge in [0.1, 0.15) is 23.3 Å². The molecule has 0 aliphatic heterocycles. The molecule has 20 heavy (non-hydrogen) atoms. The Morgan fingerprint density at radius 3 is 2.45 bits per heavy atom. The standard InChI is InChI=1S/C14H12F2N4/c1-7-4-12(16)13(5-11(7)15)18-14-10(6-17)8(2)9(3)19-20-14/h4-5H,1-3H3,(H,18,20). The van der Waals surface area contributed by atoms with Crippen LogP contribution in [0.2, 0.25) is 0 Å². The Hall–Kier alpha value is -2.55. The number of nitriles is 1. The SMILES string of the molecule is Cc1cc(F)c(Nc2nnc(C)c(C)c2C#N)cc1F. The highest BCUT2D eigenvalue weighted by atomic mass is 19.1. The van der Waals surface area contributed by atoms with Gasteiger partial charge in [-0.3, -0.25) is 0 Å². The average molecular weight is 274 g/mol. The minimum absolute atomic E-state index is 0.0813. The fraction of sp³-hybridized carbons (Fsp3) is 0.214. The first-order valence-corrected chi connectivity index (χ1v) is 5.90. The number of hydrogen-bond donors (Lipinski definition) is 1. The number of aryl methyl sites for hydroxylation is 2. The Morgan fingerprint density at radius 1 is 1.10 bits per heavy atom. The van der Waals surface area contributed by atoms with Crippen molar-refractivity contribution in [1.82, 2.24) is 10.2 Å². The van der Waals surface area contributed by atoms with Crippen molar-refractivity contribution in [3.05, 3.63) is 46.2 Å². The Labute approximate surface area is 115 Å². The van der Waals surface area contributed by atoms with Gasteiger partial charge in [-0.1, -0.05) is 0 Å². The van der Waals surface area contributed by atoms with Crippen LogP contribution in [0.15, 0.2) is 12.1 Å². The molecule has 2 aromatic rings. The summed E-state index contributed by atoms with van der Waals surface area (Å²) in [7, 11) is 0. The zero-order valence-electron chi connectivity index (χ0n) is 11.3. The Kier molecular flexibility index (Phi) is 3.61. The molecule has 0 saturated heterocycles. The first-order chi connectivity index (χ1) is 9.43. The lowest BCUT2D eigenvalue weighted by Crippen LogP contribution is -2.05. The topological polar surface area (TPSA) is 61.6 Å². The van der Waals surface area contributed by atoms with E-state index in [1.165, 1.54) is 6.92 Å². The van der Waals surface area contributed by atoms with E-state index < -0.39 is 11.6 Å². The molecule has 0 spiro atoms. The molecule has 1 aromatic heterocycles. The number of anilines is 2. The lowest BCUT2D eigenvalue weighted by Gasteiger charge is -2.11. The number of nitrogens with one attached hydrogen (secondary N) is 1. The zero-order chi connectivity index (χ0) is 14.9. The van der Waals surface area contributed by atoms with E-state index in [2.05, 4.69) is 15.5 Å². The third-order valence-electron chi connectivity index (χ3n) is 3.07. The van der Waals surface area contributed by atoms with Crippen LogP contribution in [0.1, 0.15) is 22.4 Å². The van der Waals surface area contributed by atoms with Crippen LogP contribution in [-0.2, 0) is 0 Å². The molecule has 0 aliphatic rings. The summed E-state index contributed by atoms with van der Waals surface area (Å²) in [4.78, 5) is 0. The maximum Gasteiger partial charge on any atom is 0.171 e. The van der Waals surface area contributed by atoms with Crippen molar-refractivity contribution in [2.24, 2.45) is 0 Å². The second-order valence-electron chi connectivity index (χ2n) is 4.45. The van der Waals surface area contributed by atoms with Gasteiger partial charge in [-0.05, 0) is 38.0 Å². The highest BCUT2D eigenvalue weighted by Gasteiger charge is 2.14. The van der Waals surface area contributed by atoms with E-state index in [0.29, 0.717) is 11.3 Å². The van der Waals surface area contributed by atoms with Crippen LogP contribution < -0.4 is 5.32 Å². The van der Waals surface area contributed by atoms with E-state index in [1.54, 1.807) is 13.8 Å². The molecule has 1 N–H and O–H groups in total. The predicted octanol–water partition coefficient (Wildman–Crippen LogP) is 3.30. The van der Waals surface area contributed by atoms with Gasteiger partial charge in [-0.25, -0.2) is 8.78 Å². The van der Waals surface area contributed by atoms with Gasteiger partial charge in [-0.2, -0.15) is 10.4 Å². The van der Waals surface area contributed by atoms with Gasteiger partial charge in [0.25, 0.3) is 0 Å². The van der Waals surface area contributed by atoms with Crippen LogP contribution >= 0.6 is 0 Å². The first-order valence-electron chi connectivity index (χ1n) is 5.90. The summed E-state index contributed by atoms with van der Waals surface area (Å²) in [5, 5.41) is 19.5. The molecular weight excluding hydrogens is 262 g/mol. The monoisotopic (exact) mass is 274 g/mol. The summed E-state index contributed by atoms with van der Waals surface area (Å²) in [6.07, 6.45) is 0. The van der Waals surface area contributed by atoms with Crippen molar-refractivity contribution in [3.63, 3.8) is 0 Å². The minimum atomic E-state index is -0.618. The Balaban J connectivity index is 2.49. The fourth-order valence-corrected chi connectivity index (χ4v) is 1.70. The molecule has 6 heteroatoms. The van der Waals surface area contributed by atoms with Crippen molar-refractivity contribution < 1.29 is 8.78 Å². The third-order valence-corrected chi connectivity index (χ3v) is 3.07. The molecule has 0 saturated carbocycles. The van der Waals surface area contributed by atoms with Crippen molar-refractivity contribution >= 4 is 11.5 Å². The molecule has 0 atom stereocenters. The van der Waals surface area contributed by atoms with E-state index in [1.807, 2.05) is 6.07 Å². The van der Waals surface area contributed by atoms with E-state index >= 15 is 0 Å². The number of nitrogens with zero attached hydrogens (tertiary/aromatic N) is 3. The summed E-state index contributed by atoms with van der Waals surface area (Å²) in [5.74, 6) is -1.05. The molecular formula is C14H12F2N4. The summed E-state index contributed by atoms with van der Waals surface area (Å²) in [6.45, 7) is 4.91. The molecule has 0 fully saturated rings. The molecule has 0 radical (unpaired) electrons. The molecule has 2 rings (SSSR count). The largest absolute Gasteiger partial charge is 0.335 e. The number of rotatable bonds is 2. The predicted molar refractivity (Wildman–Crippen MR) is 70.6 cm³/mol. The lowest BCUT2D eigenvalue weighted by atomic mass is 10.1. The van der Waals surface area contributed by atoms with E-state index in [4.69, 9.17) is 5.26 Å². The molecule has 0 bridgehead atoms. The highest BCUT2D eigenvalue weighted by Crippen LogP contribution is 2.25. The quantitative estimate of drug-likeness (QED) is 0.912. The molecule has 1 heterocycles. The van der Waals surface area contributed by atoms with Gasteiger partial charge >= 0.3 is 0 Å². The van der Waals surface area contributed by atoms with Gasteiger partial charge in [0, 0.05) is 6.07 Å². The van der Waals surface area contributed by atoms with E-state index in [0.717, 1.165) is 12.1 Å². The van der Waals surface area contributed by atoms with Crippen molar-refractivity contribution in [2.75, 3.05) is 5.32 Å². The Bertz CT molecular complexity index is 720. The van der Waals surface area contributed by atoms with Crippen LogP contribution in [0.3, 0.4) is 0 Å². The van der Waals surface area contributed by atoms with Gasteiger partial charge in [-0.15, -0.1) is 5.10 Å². The third kappa shape index (κ3) is 2.43. The van der Waals surface area contributed by atoms with Crippen molar-refractivity contribution in [1.29, 1.82) is 5.26 Å². The van der Waals surface area contributed by atoms with Gasteiger partial charge < -0.3 is 5.32 Å². The number of halogens is 2. The molecule has 4 nitrogen and oxygen atoms in total. The van der Waals surface area contributed by atoms with Gasteiger partial charge in [0.05, 0.1) is 11.4 Å². The smallest absolute Gasteiger partial charge is 0.171 e. The van der Waals surface area contributed by atoms with Crippen LogP contribution in [0.25, 0.3) is 0 Å². The van der Waals surface area contributed by atoms with Crippen LogP contribution in [0.4, 0.5) is 20.3 Å². The minimum Gasteiger partial charge on any atom is -0.335 e.